The maximum atomic E-state index is 12.0. The van der Waals surface area contributed by atoms with Crippen molar-refractivity contribution in [2.75, 3.05) is 13.7 Å². The first-order valence-electron chi connectivity index (χ1n) is 8.01. The smallest absolute Gasteiger partial charge is 0.330 e. The number of rotatable bonds is 7. The predicted molar refractivity (Wildman–Crippen MR) is 103 cm³/mol. The van der Waals surface area contributed by atoms with Crippen LogP contribution in [0.2, 0.25) is 10.2 Å². The van der Waals surface area contributed by atoms with E-state index in [1.54, 1.807) is 17.7 Å². The van der Waals surface area contributed by atoms with Crippen molar-refractivity contribution < 1.29 is 19.4 Å². The number of nitrogens with zero attached hydrogens (tertiary/aromatic N) is 2. The van der Waals surface area contributed by atoms with Crippen LogP contribution in [0.15, 0.2) is 30.3 Å². The van der Waals surface area contributed by atoms with Gasteiger partial charge in [-0.1, -0.05) is 41.4 Å². The highest BCUT2D eigenvalue weighted by atomic mass is 35.5. The van der Waals surface area contributed by atoms with Gasteiger partial charge in [-0.15, -0.1) is 0 Å². The number of aliphatic hydroxyl groups is 1. The molecule has 0 spiro atoms. The Morgan fingerprint density at radius 3 is 2.70 bits per heavy atom. The summed E-state index contributed by atoms with van der Waals surface area (Å²) in [6.07, 6.45) is 2.70. The number of methoxy groups -OCH3 is 1. The highest BCUT2D eigenvalue weighted by Gasteiger charge is 2.19. The molecule has 1 heterocycles. The highest BCUT2D eigenvalue weighted by Crippen LogP contribution is 2.24. The summed E-state index contributed by atoms with van der Waals surface area (Å²) in [5.41, 5.74) is 2.06. The molecule has 9 heteroatoms. The van der Waals surface area contributed by atoms with Crippen molar-refractivity contribution in [3.8, 4) is 0 Å². The number of ether oxygens (including phenoxy) is 1. The molecule has 0 fully saturated rings. The van der Waals surface area contributed by atoms with Crippen LogP contribution in [0.1, 0.15) is 16.8 Å². The third-order valence-electron chi connectivity index (χ3n) is 3.77. The molecule has 0 bridgehead atoms. The van der Waals surface area contributed by atoms with Crippen molar-refractivity contribution in [3.05, 3.63) is 57.3 Å². The number of hydrogen-bond acceptors (Lipinski definition) is 5. The Morgan fingerprint density at radius 1 is 1.37 bits per heavy atom. The Balaban J connectivity index is 2.14. The number of aromatic nitrogens is 2. The van der Waals surface area contributed by atoms with Crippen molar-refractivity contribution in [1.82, 2.24) is 15.1 Å². The second kappa shape index (κ2) is 9.55. The number of benzene rings is 1. The molecular weight excluding hydrogens is 393 g/mol. The molecule has 27 heavy (non-hydrogen) atoms. The van der Waals surface area contributed by atoms with Gasteiger partial charge in [-0.05, 0) is 24.6 Å². The maximum Gasteiger partial charge on any atom is 0.330 e. The van der Waals surface area contributed by atoms with Gasteiger partial charge in [0.25, 0.3) is 0 Å². The van der Waals surface area contributed by atoms with Gasteiger partial charge in [-0.25, -0.2) is 9.48 Å². The quantitative estimate of drug-likeness (QED) is 0.537. The molecular formula is C18H19Cl2N3O4. The van der Waals surface area contributed by atoms with Crippen LogP contribution in [0.4, 0.5) is 0 Å². The minimum atomic E-state index is -1.13. The summed E-state index contributed by atoms with van der Waals surface area (Å²) in [6, 6.07) is 6.23. The lowest BCUT2D eigenvalue weighted by atomic mass is 10.2. The normalized spacial score (nSPS) is 12.2. The molecule has 0 saturated heterocycles. The Morgan fingerprint density at radius 2 is 2.07 bits per heavy atom. The van der Waals surface area contributed by atoms with Gasteiger partial charge in [0, 0.05) is 16.7 Å². The molecule has 0 aliphatic heterocycles. The topological polar surface area (TPSA) is 93.4 Å². The zero-order valence-corrected chi connectivity index (χ0v) is 16.3. The molecule has 0 radical (unpaired) electrons. The molecule has 144 valence electrons. The number of amides is 1. The molecule has 1 atom stereocenters. The van der Waals surface area contributed by atoms with E-state index in [4.69, 9.17) is 28.3 Å². The summed E-state index contributed by atoms with van der Waals surface area (Å²) in [5.74, 6) is -1.31. The lowest BCUT2D eigenvalue weighted by Crippen LogP contribution is -2.43. The number of halogens is 2. The van der Waals surface area contributed by atoms with Gasteiger partial charge in [0.15, 0.2) is 6.04 Å². The van der Waals surface area contributed by atoms with Crippen LogP contribution in [-0.2, 0) is 20.9 Å². The Labute approximate surface area is 166 Å². The van der Waals surface area contributed by atoms with Crippen molar-refractivity contribution >= 4 is 41.2 Å². The summed E-state index contributed by atoms with van der Waals surface area (Å²) in [7, 11) is 1.17. The fourth-order valence-electron chi connectivity index (χ4n) is 2.35. The monoisotopic (exact) mass is 411 g/mol. The third kappa shape index (κ3) is 5.32. The Kier molecular flexibility index (Phi) is 7.41. The molecule has 1 aromatic heterocycles. The molecule has 2 rings (SSSR count). The maximum absolute atomic E-state index is 12.0. The summed E-state index contributed by atoms with van der Waals surface area (Å²) in [4.78, 5) is 23.4. The first-order chi connectivity index (χ1) is 12.9. The average Bonchev–Trinajstić information content (AvgIpc) is 2.92. The summed E-state index contributed by atoms with van der Waals surface area (Å²) >= 11 is 12.5. The molecule has 0 aliphatic rings. The molecule has 0 unspecified atom stereocenters. The number of esters is 1. The van der Waals surface area contributed by atoms with Crippen LogP contribution in [0, 0.1) is 6.92 Å². The lowest BCUT2D eigenvalue weighted by molar-refractivity contribution is -0.145. The first-order valence-corrected chi connectivity index (χ1v) is 8.76. The number of nitrogens with one attached hydrogen (secondary N) is 1. The molecule has 0 saturated carbocycles. The van der Waals surface area contributed by atoms with Crippen LogP contribution in [0.5, 0.6) is 0 Å². The van der Waals surface area contributed by atoms with Gasteiger partial charge in [0.1, 0.15) is 5.15 Å². The minimum Gasteiger partial charge on any atom is -0.467 e. The van der Waals surface area contributed by atoms with Crippen molar-refractivity contribution in [1.29, 1.82) is 0 Å². The SMILES string of the molecule is COC(=O)[C@H](CO)NC(=O)/C=C/c1c(C)nn(Cc2ccccc2Cl)c1Cl. The first kappa shape index (κ1) is 21.0. The summed E-state index contributed by atoms with van der Waals surface area (Å²) in [5, 5.41) is 16.8. The van der Waals surface area contributed by atoms with E-state index < -0.39 is 24.5 Å². The van der Waals surface area contributed by atoms with Gasteiger partial charge in [0.2, 0.25) is 5.91 Å². The average molecular weight is 412 g/mol. The minimum absolute atomic E-state index is 0.350. The van der Waals surface area contributed by atoms with Gasteiger partial charge >= 0.3 is 5.97 Å². The van der Waals surface area contributed by atoms with Crippen molar-refractivity contribution in [3.63, 3.8) is 0 Å². The van der Waals surface area contributed by atoms with Crippen LogP contribution in [0.25, 0.3) is 6.08 Å². The summed E-state index contributed by atoms with van der Waals surface area (Å²) in [6.45, 7) is 1.58. The molecule has 7 nitrogen and oxygen atoms in total. The largest absolute Gasteiger partial charge is 0.467 e. The van der Waals surface area contributed by atoms with Crippen LogP contribution in [-0.4, -0.2) is 46.5 Å². The molecule has 1 aromatic carbocycles. The second-order valence-electron chi connectivity index (χ2n) is 5.64. The van der Waals surface area contributed by atoms with E-state index in [1.165, 1.54) is 19.3 Å². The number of hydrogen-bond donors (Lipinski definition) is 2. The highest BCUT2D eigenvalue weighted by molar-refractivity contribution is 6.32. The van der Waals surface area contributed by atoms with Gasteiger partial charge in [0.05, 0.1) is 26.0 Å². The van der Waals surface area contributed by atoms with E-state index in [1.807, 2.05) is 18.2 Å². The van der Waals surface area contributed by atoms with Crippen LogP contribution < -0.4 is 5.32 Å². The van der Waals surface area contributed by atoms with Gasteiger partial charge in [-0.3, -0.25) is 4.79 Å². The lowest BCUT2D eigenvalue weighted by Gasteiger charge is -2.11. The molecule has 1 amide bonds. The van der Waals surface area contributed by atoms with Crippen LogP contribution >= 0.6 is 23.2 Å². The van der Waals surface area contributed by atoms with E-state index in [-0.39, 0.29) is 0 Å². The van der Waals surface area contributed by atoms with Crippen LogP contribution in [0.3, 0.4) is 0 Å². The van der Waals surface area contributed by atoms with Crippen molar-refractivity contribution in [2.45, 2.75) is 19.5 Å². The van der Waals surface area contributed by atoms with E-state index in [0.717, 1.165) is 5.56 Å². The van der Waals surface area contributed by atoms with E-state index in [9.17, 15) is 9.59 Å². The Bertz CT molecular complexity index is 864. The zero-order chi connectivity index (χ0) is 20.0. The number of aryl methyl sites for hydroxylation is 1. The van der Waals surface area contributed by atoms with E-state index in [2.05, 4.69) is 15.2 Å². The Hall–Kier alpha value is -2.35. The number of carbonyl (C=O) groups is 2. The van der Waals surface area contributed by atoms with E-state index >= 15 is 0 Å². The molecule has 0 aliphatic carbocycles. The fourth-order valence-corrected chi connectivity index (χ4v) is 2.84. The standard InChI is InChI=1S/C18H19Cl2N3O4/c1-11-13(7-8-16(25)21-15(10-24)18(26)27-2)17(20)23(22-11)9-12-5-3-4-6-14(12)19/h3-8,15,24H,9-10H2,1-2H3,(H,21,25)/b8-7+/t15-/m0/s1. The predicted octanol–water partition coefficient (Wildman–Crippen LogP) is 2.21. The fraction of sp³-hybridized carbons (Fsp3) is 0.278. The molecule has 2 aromatic rings. The second-order valence-corrected chi connectivity index (χ2v) is 6.40. The van der Waals surface area contributed by atoms with Crippen molar-refractivity contribution in [2.24, 2.45) is 0 Å². The third-order valence-corrected chi connectivity index (χ3v) is 4.54. The van der Waals surface area contributed by atoms with Gasteiger partial charge in [-0.2, -0.15) is 5.10 Å². The summed E-state index contributed by atoms with van der Waals surface area (Å²) < 4.78 is 6.08. The van der Waals surface area contributed by atoms with Gasteiger partial charge < -0.3 is 15.2 Å². The molecule has 2 N–H and O–H groups in total. The zero-order valence-electron chi connectivity index (χ0n) is 14.8. The number of aliphatic hydroxyl groups excluding tert-OH is 1. The van der Waals surface area contributed by atoms with E-state index in [0.29, 0.717) is 28.0 Å². The number of carbonyl (C=O) groups excluding carboxylic acids is 2.